The van der Waals surface area contributed by atoms with Gasteiger partial charge in [-0.15, -0.1) is 5.10 Å². The Morgan fingerprint density at radius 3 is 3.19 bits per heavy atom. The van der Waals surface area contributed by atoms with E-state index in [-0.39, 0.29) is 11.7 Å². The Morgan fingerprint density at radius 1 is 1.62 bits per heavy atom. The SMILES string of the molecule is CC(CCN)Nc1ccc2n[nH]c(=O)n2n1. The molecule has 0 saturated heterocycles. The summed E-state index contributed by atoms with van der Waals surface area (Å²) in [4.78, 5) is 11.3. The molecule has 0 aromatic carbocycles. The highest BCUT2D eigenvalue weighted by Gasteiger charge is 2.05. The highest BCUT2D eigenvalue weighted by Crippen LogP contribution is 2.05. The van der Waals surface area contributed by atoms with E-state index < -0.39 is 0 Å². The molecule has 1 atom stereocenters. The van der Waals surface area contributed by atoms with Gasteiger partial charge in [0.2, 0.25) is 0 Å². The molecule has 86 valence electrons. The molecule has 2 aromatic heterocycles. The van der Waals surface area contributed by atoms with Gasteiger partial charge < -0.3 is 11.1 Å². The van der Waals surface area contributed by atoms with Gasteiger partial charge in [0.05, 0.1) is 0 Å². The molecule has 16 heavy (non-hydrogen) atoms. The fourth-order valence-electron chi connectivity index (χ4n) is 1.45. The van der Waals surface area contributed by atoms with Crippen molar-refractivity contribution in [1.29, 1.82) is 0 Å². The summed E-state index contributed by atoms with van der Waals surface area (Å²) in [6.45, 7) is 2.62. The van der Waals surface area contributed by atoms with E-state index in [1.54, 1.807) is 12.1 Å². The van der Waals surface area contributed by atoms with Gasteiger partial charge >= 0.3 is 5.69 Å². The first kappa shape index (κ1) is 10.6. The summed E-state index contributed by atoms with van der Waals surface area (Å²) in [6.07, 6.45) is 0.847. The van der Waals surface area contributed by atoms with Crippen LogP contribution in [0.1, 0.15) is 13.3 Å². The van der Waals surface area contributed by atoms with E-state index in [0.717, 1.165) is 6.42 Å². The van der Waals surface area contributed by atoms with E-state index in [1.165, 1.54) is 4.52 Å². The Hall–Kier alpha value is -1.89. The van der Waals surface area contributed by atoms with Crippen molar-refractivity contribution in [3.63, 3.8) is 0 Å². The van der Waals surface area contributed by atoms with Crippen LogP contribution in [0.4, 0.5) is 5.82 Å². The fraction of sp³-hybridized carbons (Fsp3) is 0.444. The highest BCUT2D eigenvalue weighted by atomic mass is 16.2. The number of rotatable bonds is 4. The maximum atomic E-state index is 11.3. The first-order valence-corrected chi connectivity index (χ1v) is 5.12. The van der Waals surface area contributed by atoms with Gasteiger partial charge in [0.1, 0.15) is 5.82 Å². The maximum absolute atomic E-state index is 11.3. The third-order valence-corrected chi connectivity index (χ3v) is 2.27. The molecule has 0 bridgehead atoms. The molecule has 0 amide bonds. The molecule has 7 heteroatoms. The van der Waals surface area contributed by atoms with Gasteiger partial charge in [-0.2, -0.15) is 9.61 Å². The highest BCUT2D eigenvalue weighted by molar-refractivity contribution is 5.43. The average molecular weight is 222 g/mol. The van der Waals surface area contributed by atoms with E-state index in [2.05, 4.69) is 20.6 Å². The lowest BCUT2D eigenvalue weighted by molar-refractivity contribution is 0.708. The predicted molar refractivity (Wildman–Crippen MR) is 60.4 cm³/mol. The zero-order chi connectivity index (χ0) is 11.5. The standard InChI is InChI=1S/C9H14N6O/c1-6(4-5-10)11-7-2-3-8-12-13-9(16)15(8)14-7/h2-3,6H,4-5,10H2,1H3,(H,11,14)(H,13,16). The van der Waals surface area contributed by atoms with Gasteiger partial charge in [0.15, 0.2) is 5.65 Å². The number of aromatic amines is 1. The number of nitrogens with two attached hydrogens (primary N) is 1. The summed E-state index contributed by atoms with van der Waals surface area (Å²) in [7, 11) is 0. The lowest BCUT2D eigenvalue weighted by Crippen LogP contribution is -2.21. The van der Waals surface area contributed by atoms with Crippen molar-refractivity contribution < 1.29 is 0 Å². The molecule has 2 aromatic rings. The quantitative estimate of drug-likeness (QED) is 0.651. The Kier molecular flexibility index (Phi) is 2.86. The van der Waals surface area contributed by atoms with Crippen LogP contribution in [-0.2, 0) is 0 Å². The van der Waals surface area contributed by atoms with E-state index in [4.69, 9.17) is 5.73 Å². The molecule has 0 fully saturated rings. The topological polar surface area (TPSA) is 101 Å². The zero-order valence-corrected chi connectivity index (χ0v) is 8.97. The maximum Gasteiger partial charge on any atom is 0.364 e. The summed E-state index contributed by atoms with van der Waals surface area (Å²) in [5.74, 6) is 0.636. The number of fused-ring (bicyclic) bond motifs is 1. The molecule has 1 unspecified atom stereocenters. The molecule has 0 aliphatic heterocycles. The smallest absolute Gasteiger partial charge is 0.364 e. The van der Waals surface area contributed by atoms with Crippen LogP contribution in [0.15, 0.2) is 16.9 Å². The largest absolute Gasteiger partial charge is 0.366 e. The van der Waals surface area contributed by atoms with Crippen LogP contribution in [-0.4, -0.2) is 32.4 Å². The fourth-order valence-corrected chi connectivity index (χ4v) is 1.45. The third kappa shape index (κ3) is 2.03. The van der Waals surface area contributed by atoms with Crippen molar-refractivity contribution in [2.24, 2.45) is 5.73 Å². The van der Waals surface area contributed by atoms with E-state index in [9.17, 15) is 4.79 Å². The molecule has 2 rings (SSSR count). The van der Waals surface area contributed by atoms with E-state index in [1.807, 2.05) is 6.92 Å². The second-order valence-electron chi connectivity index (χ2n) is 3.64. The molecular formula is C9H14N6O. The number of nitrogens with one attached hydrogen (secondary N) is 2. The minimum atomic E-state index is -0.342. The predicted octanol–water partition coefficient (Wildman–Crippen LogP) is -0.433. The van der Waals surface area contributed by atoms with Crippen molar-refractivity contribution in [2.75, 3.05) is 11.9 Å². The second kappa shape index (κ2) is 4.31. The van der Waals surface area contributed by atoms with Crippen molar-refractivity contribution >= 4 is 11.5 Å². The Labute approximate surface area is 91.7 Å². The summed E-state index contributed by atoms with van der Waals surface area (Å²) in [5, 5.41) is 13.4. The molecule has 7 nitrogen and oxygen atoms in total. The first-order chi connectivity index (χ1) is 7.70. The molecule has 0 aliphatic carbocycles. The first-order valence-electron chi connectivity index (χ1n) is 5.12. The summed E-state index contributed by atoms with van der Waals surface area (Å²) in [5.41, 5.74) is 5.61. The third-order valence-electron chi connectivity index (χ3n) is 2.27. The van der Waals surface area contributed by atoms with Gasteiger partial charge in [-0.25, -0.2) is 9.89 Å². The Morgan fingerprint density at radius 2 is 2.44 bits per heavy atom. The Bertz CT molecular complexity index is 530. The number of hydrogen-bond acceptors (Lipinski definition) is 5. The van der Waals surface area contributed by atoms with Crippen LogP contribution in [0.5, 0.6) is 0 Å². The van der Waals surface area contributed by atoms with Crippen LogP contribution < -0.4 is 16.7 Å². The van der Waals surface area contributed by atoms with Crippen LogP contribution in [0, 0.1) is 0 Å². The van der Waals surface area contributed by atoms with E-state index >= 15 is 0 Å². The van der Waals surface area contributed by atoms with Crippen molar-refractivity contribution in [3.05, 3.63) is 22.6 Å². The average Bonchev–Trinajstić information content (AvgIpc) is 2.61. The number of H-pyrrole nitrogens is 1. The van der Waals surface area contributed by atoms with Crippen molar-refractivity contribution in [3.8, 4) is 0 Å². The van der Waals surface area contributed by atoms with Gasteiger partial charge in [-0.1, -0.05) is 0 Å². The number of aromatic nitrogens is 4. The van der Waals surface area contributed by atoms with Crippen LogP contribution in [0.2, 0.25) is 0 Å². The number of hydrogen-bond donors (Lipinski definition) is 3. The normalized spacial score (nSPS) is 12.9. The van der Waals surface area contributed by atoms with Gasteiger partial charge in [-0.3, -0.25) is 0 Å². The van der Waals surface area contributed by atoms with Crippen molar-refractivity contribution in [2.45, 2.75) is 19.4 Å². The molecule has 0 spiro atoms. The molecule has 0 aliphatic rings. The minimum Gasteiger partial charge on any atom is -0.366 e. The summed E-state index contributed by atoms with van der Waals surface area (Å²) >= 11 is 0. The van der Waals surface area contributed by atoms with Crippen molar-refractivity contribution in [1.82, 2.24) is 19.8 Å². The summed E-state index contributed by atoms with van der Waals surface area (Å²) < 4.78 is 1.22. The number of nitrogens with zero attached hydrogens (tertiary/aromatic N) is 3. The van der Waals surface area contributed by atoms with Crippen LogP contribution in [0.25, 0.3) is 5.65 Å². The second-order valence-corrected chi connectivity index (χ2v) is 3.64. The molecule has 4 N–H and O–H groups in total. The van der Waals surface area contributed by atoms with Gasteiger partial charge in [-0.05, 0) is 32.0 Å². The molecule has 2 heterocycles. The zero-order valence-electron chi connectivity index (χ0n) is 8.97. The van der Waals surface area contributed by atoms with Gasteiger partial charge in [0, 0.05) is 6.04 Å². The van der Waals surface area contributed by atoms with Gasteiger partial charge in [0.25, 0.3) is 0 Å². The lowest BCUT2D eigenvalue weighted by Gasteiger charge is -2.12. The lowest BCUT2D eigenvalue weighted by atomic mass is 10.2. The van der Waals surface area contributed by atoms with Crippen LogP contribution in [0.3, 0.4) is 0 Å². The van der Waals surface area contributed by atoms with Crippen LogP contribution >= 0.6 is 0 Å². The summed E-state index contributed by atoms with van der Waals surface area (Å²) in [6, 6.07) is 3.72. The number of anilines is 1. The Balaban J connectivity index is 2.25. The van der Waals surface area contributed by atoms with E-state index in [0.29, 0.717) is 18.0 Å². The molecule has 0 saturated carbocycles. The molecule has 0 radical (unpaired) electrons. The molecular weight excluding hydrogens is 208 g/mol. The minimum absolute atomic E-state index is 0.220. The monoisotopic (exact) mass is 222 g/mol.